The molecule has 0 aliphatic rings. The van der Waals surface area contributed by atoms with Gasteiger partial charge in [-0.1, -0.05) is 19.9 Å². The molecule has 0 amide bonds. The van der Waals surface area contributed by atoms with Crippen LogP contribution in [0.2, 0.25) is 0 Å². The maximum Gasteiger partial charge on any atom is 0.133 e. The smallest absolute Gasteiger partial charge is 0.133 e. The molecule has 0 saturated heterocycles. The van der Waals surface area contributed by atoms with Gasteiger partial charge in [0.15, 0.2) is 0 Å². The van der Waals surface area contributed by atoms with E-state index in [1.165, 1.54) is 5.56 Å². The van der Waals surface area contributed by atoms with Crippen molar-refractivity contribution in [3.63, 3.8) is 0 Å². The highest BCUT2D eigenvalue weighted by Gasteiger charge is 2.18. The molecular formula is C14H23BrN2O. The molecule has 0 saturated carbocycles. The first-order valence-corrected chi connectivity index (χ1v) is 6.88. The molecule has 0 heterocycles. The lowest BCUT2D eigenvalue weighted by atomic mass is 9.93. The molecule has 1 aromatic carbocycles. The number of nitrogens with two attached hydrogens (primary N) is 1. The van der Waals surface area contributed by atoms with Crippen LogP contribution in [0.1, 0.15) is 19.4 Å². The molecule has 1 rings (SSSR count). The fourth-order valence-corrected chi connectivity index (χ4v) is 2.56. The van der Waals surface area contributed by atoms with Gasteiger partial charge in [-0.2, -0.15) is 0 Å². The van der Waals surface area contributed by atoms with Crippen LogP contribution in [0, 0.1) is 5.41 Å². The molecule has 0 spiro atoms. The Balaban J connectivity index is 2.65. The SMILES string of the molecule is COc1ccc(CN(C)CC(C)(C)CN)cc1Br. The third-order valence-electron chi connectivity index (χ3n) is 2.92. The van der Waals surface area contributed by atoms with Gasteiger partial charge in [0.25, 0.3) is 0 Å². The van der Waals surface area contributed by atoms with Crippen molar-refractivity contribution in [2.24, 2.45) is 11.1 Å². The zero-order valence-electron chi connectivity index (χ0n) is 11.7. The molecule has 0 bridgehead atoms. The van der Waals surface area contributed by atoms with Crippen LogP contribution in [0.3, 0.4) is 0 Å². The lowest BCUT2D eigenvalue weighted by Crippen LogP contribution is -2.36. The number of rotatable bonds is 6. The molecule has 0 aliphatic carbocycles. The Labute approximate surface area is 118 Å². The fourth-order valence-electron chi connectivity index (χ4n) is 1.97. The van der Waals surface area contributed by atoms with Crippen molar-refractivity contribution < 1.29 is 4.74 Å². The van der Waals surface area contributed by atoms with Gasteiger partial charge in [-0.25, -0.2) is 0 Å². The molecule has 0 aliphatic heterocycles. The van der Waals surface area contributed by atoms with Crippen molar-refractivity contribution in [2.45, 2.75) is 20.4 Å². The number of hydrogen-bond donors (Lipinski definition) is 1. The van der Waals surface area contributed by atoms with Crippen molar-refractivity contribution in [1.29, 1.82) is 0 Å². The zero-order chi connectivity index (χ0) is 13.8. The third kappa shape index (κ3) is 4.59. The molecule has 18 heavy (non-hydrogen) atoms. The summed E-state index contributed by atoms with van der Waals surface area (Å²) in [6, 6.07) is 6.18. The summed E-state index contributed by atoms with van der Waals surface area (Å²) >= 11 is 3.51. The minimum absolute atomic E-state index is 0.151. The third-order valence-corrected chi connectivity index (χ3v) is 3.54. The molecule has 4 heteroatoms. The van der Waals surface area contributed by atoms with Crippen molar-refractivity contribution in [3.8, 4) is 5.75 Å². The van der Waals surface area contributed by atoms with E-state index in [1.54, 1.807) is 7.11 Å². The number of nitrogens with zero attached hydrogens (tertiary/aromatic N) is 1. The Morgan fingerprint density at radius 2 is 2.06 bits per heavy atom. The lowest BCUT2D eigenvalue weighted by molar-refractivity contribution is 0.210. The van der Waals surface area contributed by atoms with Crippen molar-refractivity contribution in [3.05, 3.63) is 28.2 Å². The number of hydrogen-bond acceptors (Lipinski definition) is 3. The average Bonchev–Trinajstić information content (AvgIpc) is 2.28. The highest BCUT2D eigenvalue weighted by atomic mass is 79.9. The number of methoxy groups -OCH3 is 1. The van der Waals surface area contributed by atoms with Gasteiger partial charge in [-0.05, 0) is 52.6 Å². The van der Waals surface area contributed by atoms with Gasteiger partial charge >= 0.3 is 0 Å². The molecule has 0 radical (unpaired) electrons. The first kappa shape index (κ1) is 15.5. The fraction of sp³-hybridized carbons (Fsp3) is 0.571. The van der Waals surface area contributed by atoms with Crippen LogP contribution in [0.4, 0.5) is 0 Å². The topological polar surface area (TPSA) is 38.5 Å². The van der Waals surface area contributed by atoms with Crippen LogP contribution < -0.4 is 10.5 Å². The minimum Gasteiger partial charge on any atom is -0.496 e. The summed E-state index contributed by atoms with van der Waals surface area (Å²) in [7, 11) is 3.80. The summed E-state index contributed by atoms with van der Waals surface area (Å²) < 4.78 is 6.22. The molecule has 102 valence electrons. The second-order valence-electron chi connectivity index (χ2n) is 5.51. The van der Waals surface area contributed by atoms with Crippen LogP contribution in [-0.2, 0) is 6.54 Å². The predicted octanol–water partition coefficient (Wildman–Crippen LogP) is 2.87. The van der Waals surface area contributed by atoms with E-state index in [2.05, 4.69) is 53.9 Å². The highest BCUT2D eigenvalue weighted by molar-refractivity contribution is 9.10. The van der Waals surface area contributed by atoms with E-state index in [4.69, 9.17) is 10.5 Å². The maximum atomic E-state index is 5.76. The zero-order valence-corrected chi connectivity index (χ0v) is 13.3. The number of ether oxygens (including phenoxy) is 1. The Morgan fingerprint density at radius 1 is 1.39 bits per heavy atom. The van der Waals surface area contributed by atoms with Crippen LogP contribution >= 0.6 is 15.9 Å². The van der Waals surface area contributed by atoms with Gasteiger partial charge in [0, 0.05) is 13.1 Å². The van der Waals surface area contributed by atoms with E-state index >= 15 is 0 Å². The molecule has 0 aromatic heterocycles. The molecule has 0 unspecified atom stereocenters. The molecule has 0 atom stereocenters. The number of benzene rings is 1. The summed E-state index contributed by atoms with van der Waals surface area (Å²) in [5.74, 6) is 0.865. The van der Waals surface area contributed by atoms with Crippen molar-refractivity contribution in [1.82, 2.24) is 4.90 Å². The van der Waals surface area contributed by atoms with E-state index in [9.17, 15) is 0 Å². The van der Waals surface area contributed by atoms with Crippen LogP contribution in [0.25, 0.3) is 0 Å². The molecule has 1 aromatic rings. The predicted molar refractivity (Wildman–Crippen MR) is 79.9 cm³/mol. The van der Waals surface area contributed by atoms with Gasteiger partial charge in [0.1, 0.15) is 5.75 Å². The van der Waals surface area contributed by atoms with Gasteiger partial charge in [-0.15, -0.1) is 0 Å². The Bertz CT molecular complexity index is 393. The summed E-state index contributed by atoms with van der Waals surface area (Å²) in [5.41, 5.74) is 7.17. The van der Waals surface area contributed by atoms with Gasteiger partial charge in [0.2, 0.25) is 0 Å². The van der Waals surface area contributed by atoms with Gasteiger partial charge < -0.3 is 15.4 Å². The molecule has 0 fully saturated rings. The number of halogens is 1. The minimum atomic E-state index is 0.151. The van der Waals surface area contributed by atoms with E-state index in [0.717, 1.165) is 23.3 Å². The van der Waals surface area contributed by atoms with E-state index in [1.807, 2.05) is 6.07 Å². The largest absolute Gasteiger partial charge is 0.496 e. The molecule has 2 N–H and O–H groups in total. The van der Waals surface area contributed by atoms with Gasteiger partial charge in [0.05, 0.1) is 11.6 Å². The van der Waals surface area contributed by atoms with Gasteiger partial charge in [-0.3, -0.25) is 0 Å². The Kier molecular flexibility index (Phi) is 5.63. The standard InChI is InChI=1S/C14H23BrN2O/c1-14(2,9-16)10-17(3)8-11-5-6-13(18-4)12(15)7-11/h5-7H,8-10,16H2,1-4H3. The highest BCUT2D eigenvalue weighted by Crippen LogP contribution is 2.26. The Hall–Kier alpha value is -0.580. The van der Waals surface area contributed by atoms with Crippen LogP contribution in [-0.4, -0.2) is 32.1 Å². The summed E-state index contributed by atoms with van der Waals surface area (Å²) in [6.45, 7) is 6.96. The van der Waals surface area contributed by atoms with Crippen molar-refractivity contribution >= 4 is 15.9 Å². The summed E-state index contributed by atoms with van der Waals surface area (Å²) in [5, 5.41) is 0. The molecule has 3 nitrogen and oxygen atoms in total. The monoisotopic (exact) mass is 314 g/mol. The van der Waals surface area contributed by atoms with E-state index in [-0.39, 0.29) is 5.41 Å². The first-order valence-electron chi connectivity index (χ1n) is 6.09. The second kappa shape index (κ2) is 6.55. The first-order chi connectivity index (χ1) is 8.38. The lowest BCUT2D eigenvalue weighted by Gasteiger charge is -2.29. The normalized spacial score (nSPS) is 11.9. The van der Waals surface area contributed by atoms with E-state index < -0.39 is 0 Å². The van der Waals surface area contributed by atoms with Crippen LogP contribution in [0.5, 0.6) is 5.75 Å². The Morgan fingerprint density at radius 3 is 2.56 bits per heavy atom. The summed E-state index contributed by atoms with van der Waals surface area (Å²) in [6.07, 6.45) is 0. The molecular weight excluding hydrogens is 292 g/mol. The quantitative estimate of drug-likeness (QED) is 0.877. The van der Waals surface area contributed by atoms with Crippen LogP contribution in [0.15, 0.2) is 22.7 Å². The maximum absolute atomic E-state index is 5.76. The average molecular weight is 315 g/mol. The van der Waals surface area contributed by atoms with E-state index in [0.29, 0.717) is 6.54 Å². The second-order valence-corrected chi connectivity index (χ2v) is 6.36. The summed E-state index contributed by atoms with van der Waals surface area (Å²) in [4.78, 5) is 2.29. The van der Waals surface area contributed by atoms with Crippen molar-refractivity contribution in [2.75, 3.05) is 27.2 Å².